The molecule has 2 aromatic carbocycles. The Labute approximate surface area is 150 Å². The first kappa shape index (κ1) is 18.9. The molecule has 0 saturated heterocycles. The molecule has 0 bridgehead atoms. The molecule has 134 valence electrons. The molecule has 2 aromatic rings. The van der Waals surface area contributed by atoms with E-state index in [1.165, 1.54) is 26.0 Å². The molecule has 0 heterocycles. The highest BCUT2D eigenvalue weighted by molar-refractivity contribution is 5.97. The van der Waals surface area contributed by atoms with Gasteiger partial charge in [-0.25, -0.2) is 4.79 Å². The number of hydrogen-bond donors (Lipinski definition) is 2. The molecule has 0 aromatic heterocycles. The number of anilines is 2. The van der Waals surface area contributed by atoms with E-state index in [4.69, 9.17) is 4.74 Å². The molecule has 2 rings (SSSR count). The summed E-state index contributed by atoms with van der Waals surface area (Å²) in [4.78, 5) is 45.9. The van der Waals surface area contributed by atoms with E-state index in [1.54, 1.807) is 36.4 Å². The zero-order valence-electron chi connectivity index (χ0n) is 14.4. The molecule has 0 spiro atoms. The number of carbonyl (C=O) groups excluding carboxylic acids is 4. The maximum Gasteiger partial charge on any atom is 0.338 e. The second-order valence-electron chi connectivity index (χ2n) is 5.52. The fraction of sp³-hybridized carbons (Fsp3) is 0.158. The molecule has 7 nitrogen and oxygen atoms in total. The Hall–Kier alpha value is -3.48. The quantitative estimate of drug-likeness (QED) is 0.613. The third-order valence-electron chi connectivity index (χ3n) is 3.35. The third-order valence-corrected chi connectivity index (χ3v) is 3.35. The topological polar surface area (TPSA) is 102 Å². The number of nitrogens with one attached hydrogen (secondary N) is 2. The van der Waals surface area contributed by atoms with Gasteiger partial charge in [-0.1, -0.05) is 0 Å². The Morgan fingerprint density at radius 3 is 1.77 bits per heavy atom. The van der Waals surface area contributed by atoms with Gasteiger partial charge in [-0.15, -0.1) is 0 Å². The average Bonchev–Trinajstić information content (AvgIpc) is 2.60. The molecule has 0 radical (unpaired) electrons. The van der Waals surface area contributed by atoms with E-state index in [-0.39, 0.29) is 17.3 Å². The Kier molecular flexibility index (Phi) is 6.21. The summed E-state index contributed by atoms with van der Waals surface area (Å²) in [5.74, 6) is -1.43. The van der Waals surface area contributed by atoms with Gasteiger partial charge in [0.1, 0.15) is 0 Å². The minimum absolute atomic E-state index is 0.0682. The maximum atomic E-state index is 11.9. The van der Waals surface area contributed by atoms with Gasteiger partial charge in [0.15, 0.2) is 12.4 Å². The van der Waals surface area contributed by atoms with E-state index in [9.17, 15) is 19.2 Å². The van der Waals surface area contributed by atoms with E-state index < -0.39 is 18.5 Å². The first-order valence-corrected chi connectivity index (χ1v) is 7.81. The van der Waals surface area contributed by atoms with Crippen molar-refractivity contribution in [1.29, 1.82) is 0 Å². The molecule has 0 saturated carbocycles. The number of rotatable bonds is 6. The van der Waals surface area contributed by atoms with Gasteiger partial charge in [0.2, 0.25) is 5.91 Å². The maximum absolute atomic E-state index is 11.9. The first-order chi connectivity index (χ1) is 12.3. The van der Waals surface area contributed by atoms with Crippen LogP contribution >= 0.6 is 0 Å². The van der Waals surface area contributed by atoms with Crippen molar-refractivity contribution in [2.24, 2.45) is 0 Å². The Morgan fingerprint density at radius 2 is 1.27 bits per heavy atom. The monoisotopic (exact) mass is 354 g/mol. The third kappa shape index (κ3) is 5.55. The van der Waals surface area contributed by atoms with E-state index in [0.29, 0.717) is 16.9 Å². The first-order valence-electron chi connectivity index (χ1n) is 7.81. The molecule has 0 unspecified atom stereocenters. The number of benzene rings is 2. The molecule has 0 atom stereocenters. The van der Waals surface area contributed by atoms with Crippen LogP contribution in [0, 0.1) is 0 Å². The Bertz CT molecular complexity index is 826. The summed E-state index contributed by atoms with van der Waals surface area (Å²) >= 11 is 0. The number of Topliss-reactive ketones (excluding diaryl/α,β-unsaturated/α-hetero) is 1. The molecule has 2 amide bonds. The minimum atomic E-state index is -0.651. The predicted molar refractivity (Wildman–Crippen MR) is 96.1 cm³/mol. The van der Waals surface area contributed by atoms with Crippen LogP contribution in [0.4, 0.5) is 11.4 Å². The van der Waals surface area contributed by atoms with Crippen molar-refractivity contribution in [2.75, 3.05) is 17.2 Å². The lowest BCUT2D eigenvalue weighted by Gasteiger charge is -2.08. The van der Waals surface area contributed by atoms with E-state index in [1.807, 2.05) is 0 Å². The van der Waals surface area contributed by atoms with Crippen molar-refractivity contribution in [3.05, 3.63) is 59.7 Å². The fourth-order valence-electron chi connectivity index (χ4n) is 2.09. The van der Waals surface area contributed by atoms with Crippen LogP contribution in [0.3, 0.4) is 0 Å². The van der Waals surface area contributed by atoms with Crippen molar-refractivity contribution in [2.45, 2.75) is 13.8 Å². The van der Waals surface area contributed by atoms with E-state index in [2.05, 4.69) is 10.6 Å². The van der Waals surface area contributed by atoms with Gasteiger partial charge < -0.3 is 15.4 Å². The predicted octanol–water partition coefficient (Wildman–Crippen LogP) is 2.64. The molecule has 0 aliphatic carbocycles. The number of ketones is 1. The zero-order chi connectivity index (χ0) is 19.1. The van der Waals surface area contributed by atoms with Gasteiger partial charge in [-0.2, -0.15) is 0 Å². The molecule has 0 aliphatic rings. The van der Waals surface area contributed by atoms with Gasteiger partial charge in [-0.05, 0) is 55.5 Å². The summed E-state index contributed by atoms with van der Waals surface area (Å²) in [5.41, 5.74) is 1.85. The molecular weight excluding hydrogens is 336 g/mol. The Balaban J connectivity index is 1.85. The lowest BCUT2D eigenvalue weighted by molar-refractivity contribution is -0.119. The van der Waals surface area contributed by atoms with Crippen LogP contribution in [-0.2, 0) is 14.3 Å². The summed E-state index contributed by atoms with van der Waals surface area (Å²) in [6.07, 6.45) is 0. The summed E-state index contributed by atoms with van der Waals surface area (Å²) in [5, 5.41) is 5.15. The molecular formula is C19H18N2O5. The van der Waals surface area contributed by atoms with Crippen molar-refractivity contribution < 1.29 is 23.9 Å². The molecule has 2 N–H and O–H groups in total. The van der Waals surface area contributed by atoms with Crippen molar-refractivity contribution >= 4 is 34.9 Å². The fourth-order valence-corrected chi connectivity index (χ4v) is 2.09. The summed E-state index contributed by atoms with van der Waals surface area (Å²) < 4.78 is 4.95. The van der Waals surface area contributed by atoms with Crippen LogP contribution in [0.25, 0.3) is 0 Å². The standard InChI is InChI=1S/C19H18N2O5/c1-12(22)14-3-7-17(8-4-14)21-18(24)11-26-19(25)15-5-9-16(10-6-15)20-13(2)23/h3-10H,11H2,1-2H3,(H,20,23)(H,21,24). The number of esters is 1. The number of ether oxygens (including phenoxy) is 1. The highest BCUT2D eigenvalue weighted by Gasteiger charge is 2.11. The van der Waals surface area contributed by atoms with Gasteiger partial charge >= 0.3 is 5.97 Å². The van der Waals surface area contributed by atoms with Crippen LogP contribution in [0.15, 0.2) is 48.5 Å². The number of amides is 2. The smallest absolute Gasteiger partial charge is 0.338 e. The van der Waals surface area contributed by atoms with Crippen LogP contribution < -0.4 is 10.6 Å². The molecule has 0 fully saturated rings. The van der Waals surface area contributed by atoms with Crippen molar-refractivity contribution in [3.63, 3.8) is 0 Å². The molecule has 26 heavy (non-hydrogen) atoms. The Morgan fingerprint density at radius 1 is 0.769 bits per heavy atom. The van der Waals surface area contributed by atoms with Gasteiger partial charge in [0.05, 0.1) is 5.56 Å². The highest BCUT2D eigenvalue weighted by atomic mass is 16.5. The summed E-state index contributed by atoms with van der Waals surface area (Å²) in [7, 11) is 0. The van der Waals surface area contributed by atoms with Crippen molar-refractivity contribution in [3.8, 4) is 0 Å². The van der Waals surface area contributed by atoms with Gasteiger partial charge in [0.25, 0.3) is 5.91 Å². The normalized spacial score (nSPS) is 9.92. The average molecular weight is 354 g/mol. The number of hydrogen-bond acceptors (Lipinski definition) is 5. The van der Waals surface area contributed by atoms with Crippen molar-refractivity contribution in [1.82, 2.24) is 0 Å². The lowest BCUT2D eigenvalue weighted by atomic mass is 10.1. The molecule has 0 aliphatic heterocycles. The second kappa shape index (κ2) is 8.57. The summed E-state index contributed by atoms with van der Waals surface area (Å²) in [6, 6.07) is 12.5. The van der Waals surface area contributed by atoms with Crippen LogP contribution in [0.1, 0.15) is 34.6 Å². The SMILES string of the molecule is CC(=O)Nc1ccc(C(=O)OCC(=O)Nc2ccc(C(C)=O)cc2)cc1. The van der Waals surface area contributed by atoms with Crippen LogP contribution in [-0.4, -0.2) is 30.2 Å². The van der Waals surface area contributed by atoms with Crippen LogP contribution in [0.2, 0.25) is 0 Å². The van der Waals surface area contributed by atoms with E-state index in [0.717, 1.165) is 0 Å². The van der Waals surface area contributed by atoms with Gasteiger partial charge in [0, 0.05) is 23.9 Å². The second-order valence-corrected chi connectivity index (χ2v) is 5.52. The lowest BCUT2D eigenvalue weighted by Crippen LogP contribution is -2.21. The minimum Gasteiger partial charge on any atom is -0.452 e. The zero-order valence-corrected chi connectivity index (χ0v) is 14.4. The largest absolute Gasteiger partial charge is 0.452 e. The molecule has 7 heteroatoms. The van der Waals surface area contributed by atoms with Gasteiger partial charge in [-0.3, -0.25) is 14.4 Å². The van der Waals surface area contributed by atoms with E-state index >= 15 is 0 Å². The van der Waals surface area contributed by atoms with Crippen LogP contribution in [0.5, 0.6) is 0 Å². The summed E-state index contributed by atoms with van der Waals surface area (Å²) in [6.45, 7) is 2.39. The highest BCUT2D eigenvalue weighted by Crippen LogP contribution is 2.12. The number of carbonyl (C=O) groups is 4.